The Hall–Kier alpha value is 0.210. The summed E-state index contributed by atoms with van der Waals surface area (Å²) in [6.45, 7) is 4.37. The Morgan fingerprint density at radius 3 is 1.82 bits per heavy atom. The Bertz CT molecular complexity index is 56.1. The Labute approximate surface area is 74.2 Å². The van der Waals surface area contributed by atoms with E-state index >= 15 is 0 Å². The average molecular weight is 183 g/mol. The predicted molar refractivity (Wildman–Crippen MR) is 48.8 cm³/mol. The number of aliphatic hydroxyl groups is 2. The highest BCUT2D eigenvalue weighted by atomic mass is 35.5. The SMILES string of the molecule is CCCC(O)Cl.CCCCO. The smallest absolute Gasteiger partial charge is 0.128 e. The molecular formula is C8H19ClO2. The molecular weight excluding hydrogens is 164 g/mol. The largest absolute Gasteiger partial charge is 0.396 e. The maximum Gasteiger partial charge on any atom is 0.128 e. The van der Waals surface area contributed by atoms with E-state index in [1.807, 2.05) is 6.92 Å². The fraction of sp³-hybridized carbons (Fsp3) is 1.00. The second-order valence-corrected chi connectivity index (χ2v) is 2.80. The van der Waals surface area contributed by atoms with E-state index in [-0.39, 0.29) is 0 Å². The van der Waals surface area contributed by atoms with E-state index in [0.717, 1.165) is 19.3 Å². The molecule has 0 bridgehead atoms. The monoisotopic (exact) mass is 182 g/mol. The van der Waals surface area contributed by atoms with E-state index in [1.165, 1.54) is 0 Å². The summed E-state index contributed by atoms with van der Waals surface area (Å²) in [7, 11) is 0. The summed E-state index contributed by atoms with van der Waals surface area (Å²) in [5.74, 6) is 0. The molecule has 0 heterocycles. The van der Waals surface area contributed by atoms with Gasteiger partial charge in [0.05, 0.1) is 0 Å². The normalized spacial score (nSPS) is 11.7. The highest BCUT2D eigenvalue weighted by Crippen LogP contribution is 1.97. The number of unbranched alkanes of at least 4 members (excludes halogenated alkanes) is 1. The van der Waals surface area contributed by atoms with Crippen LogP contribution < -0.4 is 0 Å². The van der Waals surface area contributed by atoms with Gasteiger partial charge in [-0.1, -0.05) is 38.3 Å². The third-order valence-electron chi connectivity index (χ3n) is 1.04. The zero-order valence-electron chi connectivity index (χ0n) is 7.39. The summed E-state index contributed by atoms with van der Waals surface area (Å²) < 4.78 is 0. The first-order valence-electron chi connectivity index (χ1n) is 4.12. The van der Waals surface area contributed by atoms with E-state index in [2.05, 4.69) is 6.92 Å². The molecule has 0 radical (unpaired) electrons. The van der Waals surface area contributed by atoms with E-state index < -0.39 is 5.56 Å². The molecule has 0 aromatic carbocycles. The van der Waals surface area contributed by atoms with Crippen molar-refractivity contribution in [3.63, 3.8) is 0 Å². The zero-order valence-corrected chi connectivity index (χ0v) is 8.14. The van der Waals surface area contributed by atoms with Crippen LogP contribution in [0.15, 0.2) is 0 Å². The molecule has 1 unspecified atom stereocenters. The van der Waals surface area contributed by atoms with E-state index in [0.29, 0.717) is 13.0 Å². The molecule has 70 valence electrons. The topological polar surface area (TPSA) is 40.5 Å². The van der Waals surface area contributed by atoms with Crippen LogP contribution in [0.5, 0.6) is 0 Å². The van der Waals surface area contributed by atoms with Crippen LogP contribution in [0.25, 0.3) is 0 Å². The lowest BCUT2D eigenvalue weighted by molar-refractivity contribution is 0.244. The van der Waals surface area contributed by atoms with Gasteiger partial charge in [-0.05, 0) is 12.8 Å². The summed E-state index contributed by atoms with van der Waals surface area (Å²) in [5, 5.41) is 16.4. The molecule has 0 aromatic rings. The second-order valence-electron chi connectivity index (χ2n) is 2.30. The zero-order chi connectivity index (χ0) is 9.11. The van der Waals surface area contributed by atoms with Crippen LogP contribution in [0.4, 0.5) is 0 Å². The molecule has 0 aliphatic rings. The molecule has 11 heavy (non-hydrogen) atoms. The first-order chi connectivity index (χ1) is 5.18. The first-order valence-corrected chi connectivity index (χ1v) is 4.55. The van der Waals surface area contributed by atoms with Crippen molar-refractivity contribution in [3.05, 3.63) is 0 Å². The van der Waals surface area contributed by atoms with Gasteiger partial charge in [0.2, 0.25) is 0 Å². The van der Waals surface area contributed by atoms with E-state index in [9.17, 15) is 0 Å². The van der Waals surface area contributed by atoms with Crippen molar-refractivity contribution in [1.29, 1.82) is 0 Å². The maximum absolute atomic E-state index is 8.32. The second kappa shape index (κ2) is 12.8. The fourth-order valence-corrected chi connectivity index (χ4v) is 0.615. The van der Waals surface area contributed by atoms with E-state index in [1.54, 1.807) is 0 Å². The molecule has 0 amide bonds. The van der Waals surface area contributed by atoms with Gasteiger partial charge in [-0.3, -0.25) is 0 Å². The Morgan fingerprint density at radius 2 is 1.82 bits per heavy atom. The first kappa shape index (κ1) is 13.8. The predicted octanol–water partition coefficient (Wildman–Crippen LogP) is 2.12. The lowest BCUT2D eigenvalue weighted by Crippen LogP contribution is -1.91. The molecule has 0 saturated heterocycles. The Kier molecular flexibility index (Phi) is 16.1. The van der Waals surface area contributed by atoms with Crippen LogP contribution in [0.1, 0.15) is 39.5 Å². The summed E-state index contributed by atoms with van der Waals surface area (Å²) in [6, 6.07) is 0. The third-order valence-corrected chi connectivity index (χ3v) is 1.26. The average Bonchev–Trinajstić information content (AvgIpc) is 1.90. The molecule has 0 aliphatic carbocycles. The van der Waals surface area contributed by atoms with Crippen LogP contribution in [-0.4, -0.2) is 22.4 Å². The lowest BCUT2D eigenvalue weighted by atomic mass is 10.4. The van der Waals surface area contributed by atoms with Gasteiger partial charge < -0.3 is 10.2 Å². The van der Waals surface area contributed by atoms with Gasteiger partial charge in [0.15, 0.2) is 0 Å². The number of halogens is 1. The minimum absolute atomic E-state index is 0.344. The molecule has 0 fully saturated rings. The van der Waals surface area contributed by atoms with Crippen molar-refractivity contribution in [2.75, 3.05) is 6.61 Å². The standard InChI is InChI=1S/C4H9ClO.C4H10O/c1-2-3-4(5)6;1-2-3-4-5/h4,6H,2-3H2,1H3;5H,2-4H2,1H3. The van der Waals surface area contributed by atoms with Crippen molar-refractivity contribution >= 4 is 11.6 Å². The van der Waals surface area contributed by atoms with Crippen molar-refractivity contribution in [2.24, 2.45) is 0 Å². The number of rotatable bonds is 4. The van der Waals surface area contributed by atoms with Gasteiger partial charge in [-0.25, -0.2) is 0 Å². The van der Waals surface area contributed by atoms with Gasteiger partial charge in [0, 0.05) is 6.61 Å². The van der Waals surface area contributed by atoms with E-state index in [4.69, 9.17) is 21.8 Å². The summed E-state index contributed by atoms with van der Waals surface area (Å²) in [5.41, 5.74) is -0.630. The molecule has 2 nitrogen and oxygen atoms in total. The Morgan fingerprint density at radius 1 is 1.27 bits per heavy atom. The van der Waals surface area contributed by atoms with Crippen LogP contribution in [0, 0.1) is 0 Å². The van der Waals surface area contributed by atoms with Crippen molar-refractivity contribution < 1.29 is 10.2 Å². The van der Waals surface area contributed by atoms with Crippen molar-refractivity contribution in [2.45, 2.75) is 45.1 Å². The highest BCUT2D eigenvalue weighted by molar-refractivity contribution is 6.19. The number of aliphatic hydroxyl groups excluding tert-OH is 2. The Balaban J connectivity index is 0. The van der Waals surface area contributed by atoms with Gasteiger partial charge >= 0.3 is 0 Å². The van der Waals surface area contributed by atoms with Gasteiger partial charge in [0.1, 0.15) is 5.56 Å². The number of alkyl halides is 1. The minimum atomic E-state index is -0.630. The van der Waals surface area contributed by atoms with Crippen LogP contribution in [0.3, 0.4) is 0 Å². The van der Waals surface area contributed by atoms with Crippen LogP contribution in [0.2, 0.25) is 0 Å². The van der Waals surface area contributed by atoms with Crippen LogP contribution in [-0.2, 0) is 0 Å². The summed E-state index contributed by atoms with van der Waals surface area (Å²) in [4.78, 5) is 0. The number of hydrogen-bond donors (Lipinski definition) is 2. The highest BCUT2D eigenvalue weighted by Gasteiger charge is 1.90. The van der Waals surface area contributed by atoms with Crippen molar-refractivity contribution in [1.82, 2.24) is 0 Å². The molecule has 0 aliphatic heterocycles. The maximum atomic E-state index is 8.32. The van der Waals surface area contributed by atoms with Gasteiger partial charge in [0.25, 0.3) is 0 Å². The van der Waals surface area contributed by atoms with Crippen LogP contribution >= 0.6 is 11.6 Å². The number of hydrogen-bond acceptors (Lipinski definition) is 2. The molecule has 2 N–H and O–H groups in total. The summed E-state index contributed by atoms with van der Waals surface area (Å²) >= 11 is 5.13. The quantitative estimate of drug-likeness (QED) is 0.654. The van der Waals surface area contributed by atoms with Gasteiger partial charge in [-0.2, -0.15) is 0 Å². The molecule has 1 atom stereocenters. The molecule has 0 saturated carbocycles. The summed E-state index contributed by atoms with van der Waals surface area (Å²) in [6.07, 6.45) is 3.68. The molecule has 3 heteroatoms. The lowest BCUT2D eigenvalue weighted by Gasteiger charge is -1.92. The fourth-order valence-electron chi connectivity index (χ4n) is 0.396. The van der Waals surface area contributed by atoms with Crippen molar-refractivity contribution in [3.8, 4) is 0 Å². The molecule has 0 aromatic heterocycles. The minimum Gasteiger partial charge on any atom is -0.396 e. The molecule has 0 spiro atoms. The van der Waals surface area contributed by atoms with Gasteiger partial charge in [-0.15, -0.1) is 0 Å². The third kappa shape index (κ3) is 25.4. The molecule has 0 rings (SSSR count).